The van der Waals surface area contributed by atoms with Crippen LogP contribution in [-0.4, -0.2) is 61.9 Å². The lowest BCUT2D eigenvalue weighted by Gasteiger charge is -2.42. The van der Waals surface area contributed by atoms with Crippen LogP contribution in [-0.2, 0) is 20.6 Å². The molecule has 1 saturated heterocycles. The maximum atomic E-state index is 10.7. The molecule has 132 valence electrons. The van der Waals surface area contributed by atoms with Gasteiger partial charge in [0.25, 0.3) is 0 Å². The predicted molar refractivity (Wildman–Crippen MR) is 73.9 cm³/mol. The van der Waals surface area contributed by atoms with Crippen LogP contribution in [0.2, 0.25) is 0 Å². The first-order valence-corrected chi connectivity index (χ1v) is 7.94. The summed E-state index contributed by atoms with van der Waals surface area (Å²) in [6, 6.07) is 9.60. The van der Waals surface area contributed by atoms with E-state index in [1.165, 1.54) is 0 Å². The molecule has 0 aliphatic carbocycles. The summed E-state index contributed by atoms with van der Waals surface area (Å²) in [4.78, 5) is 0. The molecule has 23 heavy (non-hydrogen) atoms. The Kier molecular flexibility index (Phi) is 5.81. The second-order valence-corrected chi connectivity index (χ2v) is 7.09. The Hall–Kier alpha value is -1.20. The second kappa shape index (κ2) is 6.73. The summed E-state index contributed by atoms with van der Waals surface area (Å²) in [7, 11) is -1.88. The Balaban J connectivity index is 0.000000284. The number of hydrogen-bond donors (Lipinski definition) is 1. The fraction of sp³-hybridized carbons (Fsp3) is 0.538. The summed E-state index contributed by atoms with van der Waals surface area (Å²) in [6.45, 7) is 2.13. The molecule has 2 rings (SSSR count). The van der Waals surface area contributed by atoms with Gasteiger partial charge < -0.3 is 18.9 Å². The number of alkyl halides is 3. The number of halogens is 3. The Labute approximate surface area is 132 Å². The molecule has 0 bridgehead atoms. The third kappa shape index (κ3) is 5.74. The van der Waals surface area contributed by atoms with Crippen molar-refractivity contribution in [2.24, 2.45) is 0 Å². The van der Waals surface area contributed by atoms with E-state index in [2.05, 4.69) is 14.1 Å². The summed E-state index contributed by atoms with van der Waals surface area (Å²) in [6.07, 6.45) is 0. The molecule has 6 nitrogen and oxygen atoms in total. The summed E-state index contributed by atoms with van der Waals surface area (Å²) in [5, 5.41) is 10.4. The molecule has 1 aromatic rings. The fourth-order valence-corrected chi connectivity index (χ4v) is 2.04. The van der Waals surface area contributed by atoms with Crippen LogP contribution in [0.1, 0.15) is 5.56 Å². The molecular formula is C13H18F3NO5S. The highest BCUT2D eigenvalue weighted by Crippen LogP contribution is 2.28. The van der Waals surface area contributed by atoms with Crippen molar-refractivity contribution in [1.82, 2.24) is 0 Å². The molecule has 0 spiro atoms. The average molecular weight is 356 g/mol. The number of aliphatic hydroxyl groups is 1. The monoisotopic (exact) mass is 356 g/mol. The average Bonchev–Trinajstić information content (AvgIpc) is 2.36. The molecule has 0 radical (unpaired) electrons. The van der Waals surface area contributed by atoms with E-state index in [1.807, 2.05) is 30.3 Å². The molecule has 2 atom stereocenters. The van der Waals surface area contributed by atoms with E-state index in [-0.39, 0.29) is 0 Å². The van der Waals surface area contributed by atoms with E-state index >= 15 is 0 Å². The molecule has 1 fully saturated rings. The van der Waals surface area contributed by atoms with Gasteiger partial charge in [0.2, 0.25) is 5.79 Å². The molecule has 0 aromatic heterocycles. The van der Waals surface area contributed by atoms with Crippen LogP contribution in [0, 0.1) is 0 Å². The zero-order chi connectivity index (χ0) is 17.9. The van der Waals surface area contributed by atoms with Crippen LogP contribution in [0.4, 0.5) is 13.2 Å². The highest BCUT2D eigenvalue weighted by molar-refractivity contribution is 7.86. The number of hydrogen-bond acceptors (Lipinski definition) is 5. The molecule has 1 aliphatic heterocycles. The van der Waals surface area contributed by atoms with Crippen molar-refractivity contribution in [1.29, 1.82) is 0 Å². The van der Waals surface area contributed by atoms with Crippen molar-refractivity contribution in [2.45, 2.75) is 11.3 Å². The van der Waals surface area contributed by atoms with Gasteiger partial charge in [-0.3, -0.25) is 0 Å². The van der Waals surface area contributed by atoms with Gasteiger partial charge in [0.1, 0.15) is 13.1 Å². The minimum Gasteiger partial charge on any atom is -0.741 e. The van der Waals surface area contributed by atoms with Crippen molar-refractivity contribution in [3.05, 3.63) is 35.9 Å². The lowest BCUT2D eigenvalue weighted by molar-refractivity contribution is -0.912. The third-order valence-corrected chi connectivity index (χ3v) is 3.76. The molecule has 0 saturated carbocycles. The van der Waals surface area contributed by atoms with Crippen molar-refractivity contribution in [2.75, 3.05) is 33.8 Å². The van der Waals surface area contributed by atoms with Crippen LogP contribution >= 0.6 is 0 Å². The molecule has 10 heteroatoms. The van der Waals surface area contributed by atoms with Gasteiger partial charge in [-0.1, -0.05) is 30.3 Å². The van der Waals surface area contributed by atoms with Crippen LogP contribution in [0.3, 0.4) is 0 Å². The number of morpholine rings is 1. The Bertz CT molecular complexity index is 618. The number of benzene rings is 1. The summed E-state index contributed by atoms with van der Waals surface area (Å²) >= 11 is 0. The zero-order valence-corrected chi connectivity index (χ0v) is 13.4. The van der Waals surface area contributed by atoms with Gasteiger partial charge >= 0.3 is 5.51 Å². The number of quaternary nitrogens is 1. The van der Waals surface area contributed by atoms with Crippen LogP contribution in [0.25, 0.3) is 0 Å². The van der Waals surface area contributed by atoms with Gasteiger partial charge in [0.05, 0.1) is 20.7 Å². The molecule has 1 aliphatic rings. The molecule has 0 amide bonds. The van der Waals surface area contributed by atoms with E-state index in [0.29, 0.717) is 13.2 Å². The Morgan fingerprint density at radius 2 is 1.74 bits per heavy atom. The topological polar surface area (TPSA) is 86.7 Å². The first kappa shape index (κ1) is 19.8. The van der Waals surface area contributed by atoms with Crippen LogP contribution < -0.4 is 0 Å². The standard InChI is InChI=1S/C12H18NO2.CHF3O3S/c1-13(2)8-9-15-12(14,10-13)11-6-4-3-5-7-11;2-1(3,4)8(5,6)7/h3-7,14H,8-10H2,1-2H3;(H,5,6,7)/q+1;/p-1/i1-1;. The summed E-state index contributed by atoms with van der Waals surface area (Å²) in [5.41, 5.74) is -4.80. The molecular weight excluding hydrogens is 338 g/mol. The molecule has 1 aromatic carbocycles. The highest BCUT2D eigenvalue weighted by Gasteiger charge is 2.42. The summed E-state index contributed by atoms with van der Waals surface area (Å²) in [5.74, 6) is -1.12. The highest BCUT2D eigenvalue weighted by atomic mass is 32.2. The van der Waals surface area contributed by atoms with Crippen molar-refractivity contribution < 1.29 is 40.5 Å². The van der Waals surface area contributed by atoms with Gasteiger partial charge in [-0.15, -0.1) is 0 Å². The van der Waals surface area contributed by atoms with E-state index < -0.39 is 21.4 Å². The smallest absolute Gasteiger partial charge is 0.485 e. The summed E-state index contributed by atoms with van der Waals surface area (Å²) < 4.78 is 65.2. The Morgan fingerprint density at radius 1 is 1.26 bits per heavy atom. The number of ether oxygens (including phenoxy) is 1. The first-order chi connectivity index (χ1) is 10.3. The number of rotatable bonds is 1. The maximum Gasteiger partial charge on any atom is 0.485 e. The third-order valence-electron chi connectivity index (χ3n) is 3.19. The van der Waals surface area contributed by atoms with Gasteiger partial charge in [-0.25, -0.2) is 8.42 Å². The number of likely N-dealkylation sites (N-methyl/N-ethyl adjacent to an activating group) is 1. The van der Waals surface area contributed by atoms with Crippen LogP contribution in [0.5, 0.6) is 0 Å². The normalized spacial score (nSPS) is 28.7. The number of nitrogens with zero attached hydrogens (tertiary/aromatic N) is 1. The SMILES string of the molecule is C[N+]1([11CH3])CCOC(O)(c2ccccc2)C1.O=S(=O)([O-])C(F)(F)F. The van der Waals surface area contributed by atoms with E-state index in [0.717, 1.165) is 16.6 Å². The van der Waals surface area contributed by atoms with Crippen molar-refractivity contribution in [3.63, 3.8) is 0 Å². The van der Waals surface area contributed by atoms with E-state index in [9.17, 15) is 18.3 Å². The van der Waals surface area contributed by atoms with Crippen molar-refractivity contribution in [3.8, 4) is 0 Å². The second-order valence-electron chi connectivity index (χ2n) is 5.72. The van der Waals surface area contributed by atoms with E-state index in [1.54, 1.807) is 0 Å². The maximum absolute atomic E-state index is 10.7. The van der Waals surface area contributed by atoms with Gasteiger partial charge in [-0.2, -0.15) is 13.2 Å². The minimum absolute atomic E-state index is 0.594. The van der Waals surface area contributed by atoms with Crippen molar-refractivity contribution >= 4 is 10.1 Å². The zero-order valence-electron chi connectivity index (χ0n) is 12.6. The first-order valence-electron chi connectivity index (χ1n) is 6.53. The quantitative estimate of drug-likeness (QED) is 0.461. The predicted octanol–water partition coefficient (Wildman–Crippen LogP) is 0.990. The van der Waals surface area contributed by atoms with Gasteiger partial charge in [0, 0.05) is 5.56 Å². The molecule has 2 unspecified atom stereocenters. The minimum atomic E-state index is -6.09. The van der Waals surface area contributed by atoms with Gasteiger partial charge in [-0.05, 0) is 0 Å². The largest absolute Gasteiger partial charge is 0.741 e. The fourth-order valence-electron chi connectivity index (χ4n) is 2.04. The van der Waals surface area contributed by atoms with E-state index in [4.69, 9.17) is 17.7 Å². The molecule has 1 N–H and O–H groups in total. The lowest BCUT2D eigenvalue weighted by Crippen LogP contribution is -2.57. The van der Waals surface area contributed by atoms with Gasteiger partial charge in [0.15, 0.2) is 10.1 Å². The lowest BCUT2D eigenvalue weighted by atomic mass is 10.0. The molecule has 1 heterocycles. The van der Waals surface area contributed by atoms with Crippen LogP contribution in [0.15, 0.2) is 30.3 Å². The Morgan fingerprint density at radius 3 is 2.13 bits per heavy atom.